The van der Waals surface area contributed by atoms with Crippen LogP contribution >= 0.6 is 23.5 Å². The average Bonchev–Trinajstić information content (AvgIpc) is 2.73. The van der Waals surface area contributed by atoms with E-state index >= 15 is 0 Å². The van der Waals surface area contributed by atoms with Crippen molar-refractivity contribution in [2.45, 2.75) is 31.3 Å². The van der Waals surface area contributed by atoms with Crippen molar-refractivity contribution in [3.05, 3.63) is 93.4 Å². The van der Waals surface area contributed by atoms with Gasteiger partial charge in [0, 0.05) is 17.8 Å². The van der Waals surface area contributed by atoms with Gasteiger partial charge in [0.2, 0.25) is 0 Å². The van der Waals surface area contributed by atoms with E-state index in [1.165, 1.54) is 16.7 Å². The summed E-state index contributed by atoms with van der Waals surface area (Å²) in [6.07, 6.45) is 4.59. The zero-order chi connectivity index (χ0) is 19.5. The third-order valence-corrected chi connectivity index (χ3v) is 6.30. The summed E-state index contributed by atoms with van der Waals surface area (Å²) in [6, 6.07) is 22.6. The van der Waals surface area contributed by atoms with Crippen LogP contribution in [-0.4, -0.2) is 16.9 Å². The van der Waals surface area contributed by atoms with Crippen LogP contribution < -0.4 is 10.3 Å². The minimum absolute atomic E-state index is 0.0243. The quantitative estimate of drug-likeness (QED) is 0.591. The molecule has 28 heavy (non-hydrogen) atoms. The predicted octanol–water partition coefficient (Wildman–Crippen LogP) is 5.13. The van der Waals surface area contributed by atoms with Gasteiger partial charge in [0.05, 0.1) is 11.1 Å². The molecule has 0 amide bonds. The molecule has 0 fully saturated rings. The standard InChI is InChI=1S/C23H23ClN2OS/c1-28-25-20-11-12-21-19(24)10-13-23(27)26(21)22(20)15-16-6-5-9-18(14-16)17-7-3-2-4-8-17/h2-10,13-14,20,22,25H,11-12,15H2,1H3. The molecule has 2 atom stereocenters. The zero-order valence-electron chi connectivity index (χ0n) is 15.8. The summed E-state index contributed by atoms with van der Waals surface area (Å²) in [7, 11) is 0. The lowest BCUT2D eigenvalue weighted by Gasteiger charge is -2.36. The molecule has 1 aliphatic heterocycles. The van der Waals surface area contributed by atoms with Gasteiger partial charge in [-0.25, -0.2) is 0 Å². The molecule has 0 bridgehead atoms. The first-order valence-electron chi connectivity index (χ1n) is 9.50. The highest BCUT2D eigenvalue weighted by atomic mass is 35.5. The van der Waals surface area contributed by atoms with E-state index in [1.807, 2.05) is 16.9 Å². The Labute approximate surface area is 174 Å². The van der Waals surface area contributed by atoms with E-state index in [0.717, 1.165) is 25.0 Å². The summed E-state index contributed by atoms with van der Waals surface area (Å²) in [5.74, 6) is 0. The van der Waals surface area contributed by atoms with Crippen molar-refractivity contribution >= 4 is 23.5 Å². The fourth-order valence-corrected chi connectivity index (χ4v) is 4.94. The maximum atomic E-state index is 12.7. The van der Waals surface area contributed by atoms with Gasteiger partial charge in [-0.3, -0.25) is 9.52 Å². The predicted molar refractivity (Wildman–Crippen MR) is 119 cm³/mol. The molecule has 0 saturated heterocycles. The summed E-state index contributed by atoms with van der Waals surface area (Å²) < 4.78 is 5.41. The summed E-state index contributed by atoms with van der Waals surface area (Å²) >= 11 is 8.04. The van der Waals surface area contributed by atoms with E-state index < -0.39 is 0 Å². The fourth-order valence-electron chi connectivity index (χ4n) is 4.11. The molecule has 1 aromatic heterocycles. The number of hydrogen-bond donors (Lipinski definition) is 1. The number of nitrogens with one attached hydrogen (secondary N) is 1. The average molecular weight is 411 g/mol. The molecule has 0 aliphatic carbocycles. The Morgan fingerprint density at radius 2 is 1.86 bits per heavy atom. The second-order valence-electron chi connectivity index (χ2n) is 7.14. The van der Waals surface area contributed by atoms with Crippen molar-refractivity contribution in [1.29, 1.82) is 0 Å². The molecule has 5 heteroatoms. The fraction of sp³-hybridized carbons (Fsp3) is 0.261. The Balaban J connectivity index is 1.72. The second kappa shape index (κ2) is 8.56. The number of nitrogens with zero attached hydrogens (tertiary/aromatic N) is 1. The van der Waals surface area contributed by atoms with Crippen molar-refractivity contribution in [2.24, 2.45) is 0 Å². The number of rotatable bonds is 5. The number of benzene rings is 2. The molecule has 2 unspecified atom stereocenters. The highest BCUT2D eigenvalue weighted by molar-refractivity contribution is 7.96. The number of halogens is 1. The maximum Gasteiger partial charge on any atom is 0.251 e. The number of hydrogen-bond acceptors (Lipinski definition) is 3. The minimum Gasteiger partial charge on any atom is -0.306 e. The Kier molecular flexibility index (Phi) is 5.90. The molecule has 144 valence electrons. The Hall–Kier alpha value is -2.01. The van der Waals surface area contributed by atoms with Crippen molar-refractivity contribution < 1.29 is 0 Å². The largest absolute Gasteiger partial charge is 0.306 e. The highest BCUT2D eigenvalue weighted by Crippen LogP contribution is 2.32. The number of aromatic nitrogens is 1. The van der Waals surface area contributed by atoms with Gasteiger partial charge >= 0.3 is 0 Å². The Morgan fingerprint density at radius 1 is 1.07 bits per heavy atom. The number of pyridine rings is 1. The first-order chi connectivity index (χ1) is 13.7. The van der Waals surface area contributed by atoms with Crippen molar-refractivity contribution in [1.82, 2.24) is 9.29 Å². The third-order valence-electron chi connectivity index (χ3n) is 5.41. The molecular formula is C23H23ClN2OS. The van der Waals surface area contributed by atoms with Crippen LogP contribution in [0.1, 0.15) is 23.7 Å². The van der Waals surface area contributed by atoms with Gasteiger partial charge in [-0.15, -0.1) is 0 Å². The molecule has 0 spiro atoms. The first-order valence-corrected chi connectivity index (χ1v) is 11.1. The van der Waals surface area contributed by atoms with Crippen LogP contribution in [-0.2, 0) is 12.8 Å². The van der Waals surface area contributed by atoms with Gasteiger partial charge < -0.3 is 4.57 Å². The Bertz CT molecular complexity index is 1020. The van der Waals surface area contributed by atoms with Crippen LogP contribution in [0.15, 0.2) is 71.5 Å². The van der Waals surface area contributed by atoms with Gasteiger partial charge in [-0.2, -0.15) is 0 Å². The van der Waals surface area contributed by atoms with Crippen LogP contribution in [0.3, 0.4) is 0 Å². The molecule has 0 saturated carbocycles. The minimum atomic E-state index is 0.0243. The molecule has 2 aromatic carbocycles. The lowest BCUT2D eigenvalue weighted by Crippen LogP contribution is -2.44. The lowest BCUT2D eigenvalue weighted by molar-refractivity contribution is 0.321. The SMILES string of the molecule is CSNC1CCc2c(Cl)ccc(=O)n2C1Cc1cccc(-c2ccccc2)c1. The van der Waals surface area contributed by atoms with Gasteiger partial charge in [0.1, 0.15) is 0 Å². The molecule has 2 heterocycles. The molecule has 1 aliphatic rings. The summed E-state index contributed by atoms with van der Waals surface area (Å²) in [4.78, 5) is 12.7. The smallest absolute Gasteiger partial charge is 0.251 e. The molecule has 3 aromatic rings. The van der Waals surface area contributed by atoms with Gasteiger partial charge in [-0.05, 0) is 48.3 Å². The molecule has 1 N–H and O–H groups in total. The van der Waals surface area contributed by atoms with E-state index in [-0.39, 0.29) is 17.6 Å². The molecule has 3 nitrogen and oxygen atoms in total. The maximum absolute atomic E-state index is 12.7. The van der Waals surface area contributed by atoms with Crippen molar-refractivity contribution in [3.8, 4) is 11.1 Å². The third kappa shape index (κ3) is 3.90. The summed E-state index contributed by atoms with van der Waals surface area (Å²) in [5, 5.41) is 0.685. The van der Waals surface area contributed by atoms with Crippen LogP contribution in [0.25, 0.3) is 11.1 Å². The summed E-state index contributed by atoms with van der Waals surface area (Å²) in [6.45, 7) is 0. The molecule has 4 rings (SSSR count). The number of fused-ring (bicyclic) bond motifs is 1. The highest BCUT2D eigenvalue weighted by Gasteiger charge is 2.31. The lowest BCUT2D eigenvalue weighted by atomic mass is 9.90. The second-order valence-corrected chi connectivity index (χ2v) is 8.19. The summed E-state index contributed by atoms with van der Waals surface area (Å²) in [5.41, 5.74) is 4.60. The van der Waals surface area contributed by atoms with Crippen LogP contribution in [0.5, 0.6) is 0 Å². The van der Waals surface area contributed by atoms with Gasteiger partial charge in [0.15, 0.2) is 0 Å². The zero-order valence-corrected chi connectivity index (χ0v) is 17.3. The van der Waals surface area contributed by atoms with Crippen molar-refractivity contribution in [2.75, 3.05) is 6.26 Å². The van der Waals surface area contributed by atoms with E-state index in [0.29, 0.717) is 5.02 Å². The van der Waals surface area contributed by atoms with E-state index in [2.05, 4.69) is 53.3 Å². The molecular weight excluding hydrogens is 388 g/mol. The van der Waals surface area contributed by atoms with Crippen LogP contribution in [0.4, 0.5) is 0 Å². The Morgan fingerprint density at radius 3 is 2.64 bits per heavy atom. The van der Waals surface area contributed by atoms with E-state index in [4.69, 9.17) is 11.6 Å². The van der Waals surface area contributed by atoms with Gasteiger partial charge in [-0.1, -0.05) is 78.1 Å². The van der Waals surface area contributed by atoms with Crippen LogP contribution in [0.2, 0.25) is 5.02 Å². The van der Waals surface area contributed by atoms with E-state index in [9.17, 15) is 4.79 Å². The monoisotopic (exact) mass is 410 g/mol. The van der Waals surface area contributed by atoms with Gasteiger partial charge in [0.25, 0.3) is 5.56 Å². The van der Waals surface area contributed by atoms with Crippen molar-refractivity contribution in [3.63, 3.8) is 0 Å². The molecule has 0 radical (unpaired) electrons. The first kappa shape index (κ1) is 19.3. The topological polar surface area (TPSA) is 34.0 Å². The normalized spacial score (nSPS) is 18.6. The van der Waals surface area contributed by atoms with Crippen LogP contribution in [0, 0.1) is 0 Å². The van der Waals surface area contributed by atoms with E-state index in [1.54, 1.807) is 24.1 Å².